The van der Waals surface area contributed by atoms with Crippen LogP contribution in [0.5, 0.6) is 0 Å². The lowest BCUT2D eigenvalue weighted by Gasteiger charge is -2.30. The van der Waals surface area contributed by atoms with Crippen molar-refractivity contribution in [3.8, 4) is 0 Å². The van der Waals surface area contributed by atoms with E-state index in [4.69, 9.17) is 17.3 Å². The zero-order valence-corrected chi connectivity index (χ0v) is 14.9. The molecule has 0 aliphatic heterocycles. The number of nitrogens with two attached hydrogens (primary N) is 1. The minimum absolute atomic E-state index is 0. The molecule has 3 N–H and O–H groups in total. The molecule has 0 bridgehead atoms. The SMILES string of the molecule is Cl.NCC(NC(=O)c1ccc(Br)cc1Cl)C1CCCCC1. The summed E-state index contributed by atoms with van der Waals surface area (Å²) >= 11 is 9.45. The quantitative estimate of drug-likeness (QED) is 0.803. The van der Waals surface area contributed by atoms with E-state index in [1.165, 1.54) is 19.3 Å². The fourth-order valence-electron chi connectivity index (χ4n) is 2.83. The zero-order chi connectivity index (χ0) is 14.5. The first kappa shape index (κ1) is 18.8. The summed E-state index contributed by atoms with van der Waals surface area (Å²) in [6, 6.07) is 5.33. The number of carbonyl (C=O) groups excluding carboxylic acids is 1. The van der Waals surface area contributed by atoms with Gasteiger partial charge in [0.25, 0.3) is 5.91 Å². The van der Waals surface area contributed by atoms with Crippen molar-refractivity contribution in [2.75, 3.05) is 6.54 Å². The molecular weight excluding hydrogens is 375 g/mol. The van der Waals surface area contributed by atoms with Gasteiger partial charge in [0.2, 0.25) is 0 Å². The van der Waals surface area contributed by atoms with E-state index in [-0.39, 0.29) is 24.4 Å². The van der Waals surface area contributed by atoms with Crippen LogP contribution in [0.2, 0.25) is 5.02 Å². The van der Waals surface area contributed by atoms with Crippen LogP contribution in [0.3, 0.4) is 0 Å². The minimum atomic E-state index is -0.136. The Kier molecular flexibility index (Phi) is 8.03. The van der Waals surface area contributed by atoms with Gasteiger partial charge < -0.3 is 11.1 Å². The fraction of sp³-hybridized carbons (Fsp3) is 0.533. The van der Waals surface area contributed by atoms with E-state index in [0.29, 0.717) is 23.0 Å². The first-order valence-corrected chi connectivity index (χ1v) is 8.25. The molecule has 0 radical (unpaired) electrons. The Labute approximate surface area is 145 Å². The standard InChI is InChI=1S/C15H20BrClN2O.ClH/c16-11-6-7-12(13(17)8-11)15(20)19-14(9-18)10-4-2-1-3-5-10;/h6-8,10,14H,1-5,9,18H2,(H,19,20);1H. The second-order valence-electron chi connectivity index (χ2n) is 5.34. The lowest BCUT2D eigenvalue weighted by molar-refractivity contribution is 0.0915. The van der Waals surface area contributed by atoms with E-state index in [2.05, 4.69) is 21.2 Å². The van der Waals surface area contributed by atoms with Gasteiger partial charge in [0.1, 0.15) is 0 Å². The van der Waals surface area contributed by atoms with Crippen molar-refractivity contribution >= 4 is 45.8 Å². The molecule has 1 atom stereocenters. The number of rotatable bonds is 4. The van der Waals surface area contributed by atoms with Crippen molar-refractivity contribution in [3.63, 3.8) is 0 Å². The van der Waals surface area contributed by atoms with Crippen molar-refractivity contribution < 1.29 is 4.79 Å². The molecule has 2 rings (SSSR count). The molecule has 1 aliphatic rings. The van der Waals surface area contributed by atoms with Gasteiger partial charge in [-0.3, -0.25) is 4.79 Å². The Balaban J connectivity index is 0.00000220. The Bertz CT molecular complexity index is 479. The maximum Gasteiger partial charge on any atom is 0.253 e. The maximum absolute atomic E-state index is 12.3. The summed E-state index contributed by atoms with van der Waals surface area (Å²) in [4.78, 5) is 12.3. The van der Waals surface area contributed by atoms with Crippen molar-refractivity contribution in [3.05, 3.63) is 33.3 Å². The third-order valence-electron chi connectivity index (χ3n) is 3.97. The second-order valence-corrected chi connectivity index (χ2v) is 6.66. The third kappa shape index (κ3) is 5.13. The molecular formula is C15H21BrCl2N2O. The van der Waals surface area contributed by atoms with Gasteiger partial charge in [0.15, 0.2) is 0 Å². The van der Waals surface area contributed by atoms with Gasteiger partial charge in [0, 0.05) is 17.1 Å². The third-order valence-corrected chi connectivity index (χ3v) is 4.77. The number of amides is 1. The molecule has 0 heterocycles. The average Bonchev–Trinajstić information content (AvgIpc) is 2.45. The van der Waals surface area contributed by atoms with E-state index in [1.807, 2.05) is 6.07 Å². The molecule has 6 heteroatoms. The van der Waals surface area contributed by atoms with E-state index >= 15 is 0 Å². The number of hydrogen-bond acceptors (Lipinski definition) is 2. The van der Waals surface area contributed by atoms with Crippen molar-refractivity contribution in [2.24, 2.45) is 11.7 Å². The van der Waals surface area contributed by atoms with Crippen molar-refractivity contribution in [1.29, 1.82) is 0 Å². The van der Waals surface area contributed by atoms with Crippen LogP contribution in [0.25, 0.3) is 0 Å². The monoisotopic (exact) mass is 394 g/mol. The molecule has 1 aliphatic carbocycles. The molecule has 1 unspecified atom stereocenters. The number of hydrogen-bond donors (Lipinski definition) is 2. The normalized spacial score (nSPS) is 16.9. The molecule has 1 aromatic carbocycles. The molecule has 118 valence electrons. The van der Waals surface area contributed by atoms with Crippen LogP contribution in [0.1, 0.15) is 42.5 Å². The lowest BCUT2D eigenvalue weighted by atomic mass is 9.84. The highest BCUT2D eigenvalue weighted by molar-refractivity contribution is 9.10. The summed E-state index contributed by atoms with van der Waals surface area (Å²) in [5, 5.41) is 3.50. The van der Waals surface area contributed by atoms with Crippen molar-refractivity contribution in [1.82, 2.24) is 5.32 Å². The summed E-state index contributed by atoms with van der Waals surface area (Å²) < 4.78 is 0.863. The molecule has 1 amide bonds. The van der Waals surface area contributed by atoms with E-state index in [0.717, 1.165) is 17.3 Å². The van der Waals surface area contributed by atoms with Crippen LogP contribution >= 0.6 is 39.9 Å². The fourth-order valence-corrected chi connectivity index (χ4v) is 3.58. The molecule has 1 fully saturated rings. The Morgan fingerprint density at radius 1 is 1.38 bits per heavy atom. The highest BCUT2D eigenvalue weighted by Gasteiger charge is 2.24. The van der Waals surface area contributed by atoms with Crippen LogP contribution in [0, 0.1) is 5.92 Å². The lowest BCUT2D eigenvalue weighted by Crippen LogP contribution is -2.46. The van der Waals surface area contributed by atoms with Gasteiger partial charge in [0.05, 0.1) is 10.6 Å². The molecule has 21 heavy (non-hydrogen) atoms. The molecule has 1 saturated carbocycles. The van der Waals surface area contributed by atoms with Crippen LogP contribution in [0.4, 0.5) is 0 Å². The predicted molar refractivity (Wildman–Crippen MR) is 93.3 cm³/mol. The van der Waals surface area contributed by atoms with Gasteiger partial charge in [-0.25, -0.2) is 0 Å². The van der Waals surface area contributed by atoms with E-state index < -0.39 is 0 Å². The highest BCUT2D eigenvalue weighted by atomic mass is 79.9. The summed E-state index contributed by atoms with van der Waals surface area (Å²) in [7, 11) is 0. The van der Waals surface area contributed by atoms with Crippen LogP contribution in [0.15, 0.2) is 22.7 Å². The highest BCUT2D eigenvalue weighted by Crippen LogP contribution is 2.27. The largest absolute Gasteiger partial charge is 0.348 e. The topological polar surface area (TPSA) is 55.1 Å². The van der Waals surface area contributed by atoms with E-state index in [9.17, 15) is 4.79 Å². The van der Waals surface area contributed by atoms with Gasteiger partial charge >= 0.3 is 0 Å². The summed E-state index contributed by atoms with van der Waals surface area (Å²) in [6.07, 6.45) is 6.05. The van der Waals surface area contributed by atoms with Gasteiger partial charge in [-0.05, 0) is 37.0 Å². The molecule has 0 saturated heterocycles. The van der Waals surface area contributed by atoms with Crippen LogP contribution in [-0.4, -0.2) is 18.5 Å². The van der Waals surface area contributed by atoms with E-state index in [1.54, 1.807) is 12.1 Å². The van der Waals surface area contributed by atoms with Gasteiger partial charge in [-0.2, -0.15) is 0 Å². The Morgan fingerprint density at radius 2 is 2.05 bits per heavy atom. The summed E-state index contributed by atoms with van der Waals surface area (Å²) in [5.74, 6) is 0.357. The molecule has 0 aromatic heterocycles. The van der Waals surface area contributed by atoms with Crippen molar-refractivity contribution in [2.45, 2.75) is 38.1 Å². The number of carbonyl (C=O) groups is 1. The Hall–Kier alpha value is -0.290. The molecule has 1 aromatic rings. The average molecular weight is 396 g/mol. The Morgan fingerprint density at radius 3 is 2.62 bits per heavy atom. The molecule has 3 nitrogen and oxygen atoms in total. The van der Waals surface area contributed by atoms with Crippen LogP contribution < -0.4 is 11.1 Å². The summed E-state index contributed by atoms with van der Waals surface area (Å²) in [5.41, 5.74) is 6.34. The second kappa shape index (κ2) is 8.99. The zero-order valence-electron chi connectivity index (χ0n) is 11.8. The number of benzene rings is 1. The first-order valence-electron chi connectivity index (χ1n) is 7.08. The van der Waals surface area contributed by atoms with Gasteiger partial charge in [-0.1, -0.05) is 46.8 Å². The van der Waals surface area contributed by atoms with Crippen LogP contribution in [-0.2, 0) is 0 Å². The summed E-state index contributed by atoms with van der Waals surface area (Å²) in [6.45, 7) is 0.477. The molecule has 0 spiro atoms. The predicted octanol–water partition coefficient (Wildman–Crippen LogP) is 4.16. The smallest absolute Gasteiger partial charge is 0.253 e. The number of halogens is 3. The van der Waals surface area contributed by atoms with Gasteiger partial charge in [-0.15, -0.1) is 12.4 Å². The number of nitrogens with one attached hydrogen (secondary N) is 1. The maximum atomic E-state index is 12.3. The first-order chi connectivity index (χ1) is 9.61. The minimum Gasteiger partial charge on any atom is -0.348 e.